The Labute approximate surface area is 199 Å². The van der Waals surface area contributed by atoms with E-state index in [0.29, 0.717) is 34.1 Å². The van der Waals surface area contributed by atoms with Crippen molar-refractivity contribution in [1.29, 1.82) is 0 Å². The second kappa shape index (κ2) is 12.3. The molecule has 0 bridgehead atoms. The van der Waals surface area contributed by atoms with Crippen LogP contribution in [0.25, 0.3) is 0 Å². The van der Waals surface area contributed by atoms with Gasteiger partial charge in [0.15, 0.2) is 0 Å². The second-order valence-electron chi connectivity index (χ2n) is 8.28. The van der Waals surface area contributed by atoms with E-state index in [2.05, 4.69) is 21.3 Å². The first-order valence-corrected chi connectivity index (χ1v) is 11.9. The normalized spacial score (nSPS) is 13.8. The Bertz CT molecular complexity index is 989. The SMILES string of the molecule is CCCC(=O)Nc1ccc(Cl)c(NC(=O)CNc2cccc(C(=O)NC3CCCCC3)c2)c1. The predicted octanol–water partition coefficient (Wildman–Crippen LogP) is 5.19. The molecule has 1 fully saturated rings. The topological polar surface area (TPSA) is 99.3 Å². The van der Waals surface area contributed by atoms with Gasteiger partial charge in [-0.15, -0.1) is 0 Å². The van der Waals surface area contributed by atoms with Crippen LogP contribution in [0.5, 0.6) is 0 Å². The summed E-state index contributed by atoms with van der Waals surface area (Å²) in [4.78, 5) is 36.8. The third-order valence-corrected chi connectivity index (χ3v) is 5.85. The molecule has 3 amide bonds. The Morgan fingerprint density at radius 3 is 2.48 bits per heavy atom. The highest BCUT2D eigenvalue weighted by atomic mass is 35.5. The molecular formula is C25H31ClN4O3. The van der Waals surface area contributed by atoms with Gasteiger partial charge in [-0.3, -0.25) is 14.4 Å². The van der Waals surface area contributed by atoms with Gasteiger partial charge >= 0.3 is 0 Å². The number of carbonyl (C=O) groups is 3. The summed E-state index contributed by atoms with van der Waals surface area (Å²) >= 11 is 6.20. The summed E-state index contributed by atoms with van der Waals surface area (Å²) in [5.41, 5.74) is 2.22. The molecule has 0 aliphatic heterocycles. The average molecular weight is 471 g/mol. The third kappa shape index (κ3) is 7.79. The van der Waals surface area contributed by atoms with E-state index in [1.54, 1.807) is 36.4 Å². The minimum atomic E-state index is -0.300. The molecule has 3 rings (SSSR count). The van der Waals surface area contributed by atoms with Gasteiger partial charge in [-0.25, -0.2) is 0 Å². The molecule has 0 radical (unpaired) electrons. The van der Waals surface area contributed by atoms with E-state index in [4.69, 9.17) is 11.6 Å². The molecule has 8 heteroatoms. The number of anilines is 3. The van der Waals surface area contributed by atoms with E-state index in [1.165, 1.54) is 6.42 Å². The second-order valence-corrected chi connectivity index (χ2v) is 8.69. The first kappa shape index (κ1) is 24.6. The highest BCUT2D eigenvalue weighted by molar-refractivity contribution is 6.33. The van der Waals surface area contributed by atoms with Crippen molar-refractivity contribution in [2.45, 2.75) is 57.9 Å². The van der Waals surface area contributed by atoms with Gasteiger partial charge in [-0.1, -0.05) is 43.9 Å². The van der Waals surface area contributed by atoms with E-state index < -0.39 is 0 Å². The maximum atomic E-state index is 12.6. The van der Waals surface area contributed by atoms with Crippen molar-refractivity contribution in [1.82, 2.24) is 5.32 Å². The Balaban J connectivity index is 1.54. The zero-order valence-electron chi connectivity index (χ0n) is 18.9. The fourth-order valence-corrected chi connectivity index (χ4v) is 3.98. The molecule has 4 N–H and O–H groups in total. The van der Waals surface area contributed by atoms with E-state index in [-0.39, 0.29) is 30.3 Å². The summed E-state index contributed by atoms with van der Waals surface area (Å²) in [6.45, 7) is 1.93. The van der Waals surface area contributed by atoms with Crippen molar-refractivity contribution in [2.24, 2.45) is 0 Å². The number of hydrogen-bond acceptors (Lipinski definition) is 4. The van der Waals surface area contributed by atoms with E-state index in [9.17, 15) is 14.4 Å². The van der Waals surface area contributed by atoms with E-state index in [0.717, 1.165) is 32.1 Å². The molecule has 0 saturated heterocycles. The van der Waals surface area contributed by atoms with Crippen LogP contribution in [0.15, 0.2) is 42.5 Å². The number of hydrogen-bond donors (Lipinski definition) is 4. The van der Waals surface area contributed by atoms with Crippen LogP contribution < -0.4 is 21.3 Å². The minimum Gasteiger partial charge on any atom is -0.376 e. The molecule has 33 heavy (non-hydrogen) atoms. The van der Waals surface area contributed by atoms with Gasteiger partial charge in [-0.05, 0) is 55.7 Å². The molecule has 176 valence electrons. The van der Waals surface area contributed by atoms with Crippen LogP contribution in [-0.2, 0) is 9.59 Å². The molecule has 0 heterocycles. The number of benzene rings is 2. The third-order valence-electron chi connectivity index (χ3n) is 5.52. The highest BCUT2D eigenvalue weighted by Gasteiger charge is 2.17. The van der Waals surface area contributed by atoms with Gasteiger partial charge in [0.2, 0.25) is 11.8 Å². The largest absolute Gasteiger partial charge is 0.376 e. The Morgan fingerprint density at radius 2 is 1.73 bits per heavy atom. The lowest BCUT2D eigenvalue weighted by molar-refractivity contribution is -0.116. The summed E-state index contributed by atoms with van der Waals surface area (Å²) in [6, 6.07) is 12.3. The molecule has 0 aromatic heterocycles. The molecule has 1 saturated carbocycles. The van der Waals surface area contributed by atoms with Gasteiger partial charge in [0.25, 0.3) is 5.91 Å². The average Bonchev–Trinajstić information content (AvgIpc) is 2.81. The fourth-order valence-electron chi connectivity index (χ4n) is 3.81. The molecule has 2 aromatic rings. The molecule has 7 nitrogen and oxygen atoms in total. The van der Waals surface area contributed by atoms with Gasteiger partial charge in [0.1, 0.15) is 0 Å². The molecule has 2 aromatic carbocycles. The van der Waals surface area contributed by atoms with E-state index in [1.807, 2.05) is 13.0 Å². The van der Waals surface area contributed by atoms with Crippen LogP contribution in [0, 0.1) is 0 Å². The van der Waals surface area contributed by atoms with Crippen molar-refractivity contribution >= 4 is 46.4 Å². The Kier molecular flexibility index (Phi) is 9.13. The summed E-state index contributed by atoms with van der Waals surface area (Å²) in [5.74, 6) is -0.485. The van der Waals surface area contributed by atoms with Crippen LogP contribution in [0.3, 0.4) is 0 Å². The highest BCUT2D eigenvalue weighted by Crippen LogP contribution is 2.26. The van der Waals surface area contributed by atoms with Crippen LogP contribution in [0.1, 0.15) is 62.2 Å². The Morgan fingerprint density at radius 1 is 0.939 bits per heavy atom. The molecule has 1 aliphatic carbocycles. The number of carbonyl (C=O) groups excluding carboxylic acids is 3. The van der Waals surface area contributed by atoms with Crippen molar-refractivity contribution in [3.8, 4) is 0 Å². The smallest absolute Gasteiger partial charge is 0.251 e. The van der Waals surface area contributed by atoms with Crippen LogP contribution in [0.4, 0.5) is 17.1 Å². The minimum absolute atomic E-state index is 0.00352. The Hall–Kier alpha value is -3.06. The number of rotatable bonds is 9. The van der Waals surface area contributed by atoms with E-state index >= 15 is 0 Å². The van der Waals surface area contributed by atoms with Crippen molar-refractivity contribution in [2.75, 3.05) is 22.5 Å². The number of amides is 3. The molecule has 0 unspecified atom stereocenters. The van der Waals surface area contributed by atoms with Crippen LogP contribution >= 0.6 is 11.6 Å². The molecule has 1 aliphatic rings. The van der Waals surface area contributed by atoms with Gasteiger partial charge in [0.05, 0.1) is 17.3 Å². The lowest BCUT2D eigenvalue weighted by Crippen LogP contribution is -2.36. The summed E-state index contributed by atoms with van der Waals surface area (Å²) in [5, 5.41) is 12.1. The zero-order valence-corrected chi connectivity index (χ0v) is 19.6. The number of nitrogens with one attached hydrogen (secondary N) is 4. The quantitative estimate of drug-likeness (QED) is 0.405. The van der Waals surface area contributed by atoms with Crippen molar-refractivity contribution in [3.63, 3.8) is 0 Å². The van der Waals surface area contributed by atoms with Gasteiger partial charge in [0, 0.05) is 29.4 Å². The number of halogens is 1. The maximum absolute atomic E-state index is 12.6. The summed E-state index contributed by atoms with van der Waals surface area (Å²) in [6.07, 6.45) is 6.76. The maximum Gasteiger partial charge on any atom is 0.251 e. The lowest BCUT2D eigenvalue weighted by Gasteiger charge is -2.22. The summed E-state index contributed by atoms with van der Waals surface area (Å²) < 4.78 is 0. The standard InChI is InChI=1S/C25H31ClN4O3/c1-2-7-23(31)28-20-12-13-21(26)22(15-20)30-24(32)16-27-19-11-6-8-17(14-19)25(33)29-18-9-4-3-5-10-18/h6,8,11-15,18,27H,2-5,7,9-10,16H2,1H3,(H,28,31)(H,29,33)(H,30,32). The summed E-state index contributed by atoms with van der Waals surface area (Å²) in [7, 11) is 0. The van der Waals surface area contributed by atoms with Gasteiger partial charge < -0.3 is 21.3 Å². The lowest BCUT2D eigenvalue weighted by atomic mass is 9.95. The van der Waals surface area contributed by atoms with Crippen molar-refractivity contribution in [3.05, 3.63) is 53.1 Å². The molecule has 0 spiro atoms. The molecular weight excluding hydrogens is 440 g/mol. The molecule has 0 atom stereocenters. The predicted molar refractivity (Wildman–Crippen MR) is 133 cm³/mol. The monoisotopic (exact) mass is 470 g/mol. The fraction of sp³-hybridized carbons (Fsp3) is 0.400. The first-order chi connectivity index (χ1) is 15.9. The van der Waals surface area contributed by atoms with Crippen LogP contribution in [-0.4, -0.2) is 30.3 Å². The van der Waals surface area contributed by atoms with Crippen LogP contribution in [0.2, 0.25) is 5.02 Å². The van der Waals surface area contributed by atoms with Crippen molar-refractivity contribution < 1.29 is 14.4 Å². The first-order valence-electron chi connectivity index (χ1n) is 11.5. The van der Waals surface area contributed by atoms with Gasteiger partial charge in [-0.2, -0.15) is 0 Å². The zero-order chi connectivity index (χ0) is 23.6.